The van der Waals surface area contributed by atoms with Crippen molar-refractivity contribution in [3.8, 4) is 0 Å². The average molecular weight is 432 g/mol. The fourth-order valence-electron chi connectivity index (χ4n) is 3.06. The summed E-state index contributed by atoms with van der Waals surface area (Å²) < 4.78 is 26.4. The molecule has 0 heterocycles. The van der Waals surface area contributed by atoms with E-state index in [1.54, 1.807) is 37.3 Å². The van der Waals surface area contributed by atoms with Gasteiger partial charge < -0.3 is 10.2 Å². The van der Waals surface area contributed by atoms with Crippen LogP contribution >= 0.6 is 0 Å². The van der Waals surface area contributed by atoms with Gasteiger partial charge in [-0.3, -0.25) is 9.59 Å². The Morgan fingerprint density at radius 3 is 2.13 bits per heavy atom. The molecule has 2 aromatic carbocycles. The highest BCUT2D eigenvalue weighted by atomic mass is 32.2. The Balaban J connectivity index is 2.02. The molecule has 7 nitrogen and oxygen atoms in total. The maximum atomic E-state index is 12.9. The van der Waals surface area contributed by atoms with Crippen molar-refractivity contribution in [3.63, 3.8) is 0 Å². The van der Waals surface area contributed by atoms with Gasteiger partial charge in [0.25, 0.3) is 0 Å². The molecule has 0 bridgehead atoms. The summed E-state index contributed by atoms with van der Waals surface area (Å²) in [5.74, 6) is -0.441. The molecule has 2 amide bonds. The van der Waals surface area contributed by atoms with Crippen molar-refractivity contribution >= 4 is 21.8 Å². The van der Waals surface area contributed by atoms with Crippen LogP contribution in [0.5, 0.6) is 0 Å². The number of benzene rings is 2. The highest BCUT2D eigenvalue weighted by Crippen LogP contribution is 2.15. The Labute approximate surface area is 178 Å². The first-order chi connectivity index (χ1) is 14.3. The molecule has 0 aliphatic carbocycles. The zero-order valence-corrected chi connectivity index (χ0v) is 18.4. The van der Waals surface area contributed by atoms with Crippen LogP contribution in [0.1, 0.15) is 25.3 Å². The van der Waals surface area contributed by atoms with Crippen molar-refractivity contribution in [2.45, 2.75) is 37.2 Å². The van der Waals surface area contributed by atoms with Crippen molar-refractivity contribution in [2.24, 2.45) is 0 Å². The molecule has 1 N–H and O–H groups in total. The first kappa shape index (κ1) is 23.6. The summed E-state index contributed by atoms with van der Waals surface area (Å²) in [4.78, 5) is 26.8. The summed E-state index contributed by atoms with van der Waals surface area (Å²) in [5, 5.41) is 2.58. The normalized spacial score (nSPS) is 12.4. The fraction of sp³-hybridized carbons (Fsp3) is 0.364. The van der Waals surface area contributed by atoms with Gasteiger partial charge in [0.1, 0.15) is 6.04 Å². The number of amides is 2. The summed E-state index contributed by atoms with van der Waals surface area (Å²) in [7, 11) is -0.558. The summed E-state index contributed by atoms with van der Waals surface area (Å²) >= 11 is 0. The maximum absolute atomic E-state index is 12.9. The Kier molecular flexibility index (Phi) is 8.56. The lowest BCUT2D eigenvalue weighted by atomic mass is 10.1. The lowest BCUT2D eigenvalue weighted by molar-refractivity contribution is -0.140. The van der Waals surface area contributed by atoms with Crippen LogP contribution < -0.4 is 5.32 Å². The van der Waals surface area contributed by atoms with Crippen LogP contribution in [0, 0.1) is 0 Å². The number of likely N-dealkylation sites (N-methyl/N-ethyl adjacent to an activating group) is 1. The molecule has 0 saturated carbocycles. The van der Waals surface area contributed by atoms with E-state index in [1.165, 1.54) is 23.3 Å². The van der Waals surface area contributed by atoms with E-state index >= 15 is 0 Å². The van der Waals surface area contributed by atoms with Crippen molar-refractivity contribution in [2.75, 3.05) is 20.6 Å². The Morgan fingerprint density at radius 1 is 1.00 bits per heavy atom. The highest BCUT2D eigenvalue weighted by molar-refractivity contribution is 7.89. The van der Waals surface area contributed by atoms with Crippen LogP contribution in [0.3, 0.4) is 0 Å². The van der Waals surface area contributed by atoms with Gasteiger partial charge in [-0.1, -0.05) is 48.5 Å². The molecule has 30 heavy (non-hydrogen) atoms. The SMILES string of the molecule is CNC(=O)[C@H](C)N(Cc1ccccc1)C(=O)CCCN(C)S(=O)(=O)c1ccccc1. The van der Waals surface area contributed by atoms with Gasteiger partial charge >= 0.3 is 0 Å². The molecule has 0 spiro atoms. The van der Waals surface area contributed by atoms with Crippen LogP contribution in [0.15, 0.2) is 65.6 Å². The third-order valence-electron chi connectivity index (χ3n) is 4.92. The largest absolute Gasteiger partial charge is 0.357 e. The lowest BCUT2D eigenvalue weighted by Gasteiger charge is -2.28. The van der Waals surface area contributed by atoms with Gasteiger partial charge in [0.2, 0.25) is 21.8 Å². The van der Waals surface area contributed by atoms with E-state index in [0.29, 0.717) is 13.0 Å². The standard InChI is InChI=1S/C22H29N3O4S/c1-18(22(27)23-2)25(17-19-11-6-4-7-12-19)21(26)15-10-16-24(3)30(28,29)20-13-8-5-9-14-20/h4-9,11-14,18H,10,15-17H2,1-3H3,(H,23,27)/t18-/m0/s1. The van der Waals surface area contributed by atoms with Crippen LogP contribution in [-0.2, 0) is 26.2 Å². The second-order valence-electron chi connectivity index (χ2n) is 7.04. The summed E-state index contributed by atoms with van der Waals surface area (Å²) in [6.45, 7) is 2.20. The molecule has 0 fully saturated rings. The fourth-order valence-corrected chi connectivity index (χ4v) is 4.29. The summed E-state index contributed by atoms with van der Waals surface area (Å²) in [6.07, 6.45) is 0.496. The van der Waals surface area contributed by atoms with E-state index in [1.807, 2.05) is 30.3 Å². The van der Waals surface area contributed by atoms with Gasteiger partial charge in [-0.2, -0.15) is 0 Å². The number of carbonyl (C=O) groups is 2. The minimum absolute atomic E-state index is 0.142. The molecular weight excluding hydrogens is 402 g/mol. The monoisotopic (exact) mass is 431 g/mol. The number of hydrogen-bond donors (Lipinski definition) is 1. The maximum Gasteiger partial charge on any atom is 0.242 e. The highest BCUT2D eigenvalue weighted by Gasteiger charge is 2.26. The van der Waals surface area contributed by atoms with Gasteiger partial charge in [-0.25, -0.2) is 12.7 Å². The topological polar surface area (TPSA) is 86.8 Å². The van der Waals surface area contributed by atoms with Crippen LogP contribution in [0.25, 0.3) is 0 Å². The third-order valence-corrected chi connectivity index (χ3v) is 6.80. The van der Waals surface area contributed by atoms with E-state index in [0.717, 1.165) is 5.56 Å². The summed E-state index contributed by atoms with van der Waals surface area (Å²) in [5.41, 5.74) is 0.922. The quantitative estimate of drug-likeness (QED) is 0.625. The second-order valence-corrected chi connectivity index (χ2v) is 9.09. The molecule has 0 aliphatic rings. The average Bonchev–Trinajstić information content (AvgIpc) is 2.77. The molecule has 162 valence electrons. The van der Waals surface area contributed by atoms with Gasteiger partial charge in [0.15, 0.2) is 0 Å². The van der Waals surface area contributed by atoms with E-state index in [2.05, 4.69) is 5.32 Å². The second kappa shape index (κ2) is 10.9. The Morgan fingerprint density at radius 2 is 1.57 bits per heavy atom. The van der Waals surface area contributed by atoms with Gasteiger partial charge in [-0.05, 0) is 31.0 Å². The van der Waals surface area contributed by atoms with Crippen molar-refractivity contribution in [1.82, 2.24) is 14.5 Å². The van der Waals surface area contributed by atoms with Gasteiger partial charge in [-0.15, -0.1) is 0 Å². The minimum Gasteiger partial charge on any atom is -0.357 e. The molecular formula is C22H29N3O4S. The molecule has 0 aliphatic heterocycles. The smallest absolute Gasteiger partial charge is 0.242 e. The number of carbonyl (C=O) groups excluding carboxylic acids is 2. The van der Waals surface area contributed by atoms with Crippen LogP contribution in [-0.4, -0.2) is 56.1 Å². The first-order valence-corrected chi connectivity index (χ1v) is 11.3. The number of nitrogens with zero attached hydrogens (tertiary/aromatic N) is 2. The summed E-state index contributed by atoms with van der Waals surface area (Å²) in [6, 6.07) is 17.0. The molecule has 0 aromatic heterocycles. The van der Waals surface area contributed by atoms with Crippen LogP contribution in [0.2, 0.25) is 0 Å². The molecule has 0 unspecified atom stereocenters. The Hall–Kier alpha value is -2.71. The molecule has 0 radical (unpaired) electrons. The van der Waals surface area contributed by atoms with E-state index < -0.39 is 16.1 Å². The molecule has 8 heteroatoms. The van der Waals surface area contributed by atoms with E-state index in [-0.39, 0.29) is 29.7 Å². The predicted molar refractivity (Wildman–Crippen MR) is 116 cm³/mol. The zero-order chi connectivity index (χ0) is 22.1. The molecule has 0 saturated heterocycles. The molecule has 1 atom stereocenters. The number of nitrogens with one attached hydrogen (secondary N) is 1. The predicted octanol–water partition coefficient (Wildman–Crippen LogP) is 2.25. The zero-order valence-electron chi connectivity index (χ0n) is 17.6. The molecule has 2 rings (SSSR count). The van der Waals surface area contributed by atoms with Gasteiger partial charge in [0.05, 0.1) is 4.90 Å². The van der Waals surface area contributed by atoms with E-state index in [4.69, 9.17) is 0 Å². The van der Waals surface area contributed by atoms with Crippen molar-refractivity contribution in [3.05, 3.63) is 66.2 Å². The lowest BCUT2D eigenvalue weighted by Crippen LogP contribution is -2.46. The number of hydrogen-bond acceptors (Lipinski definition) is 4. The van der Waals surface area contributed by atoms with E-state index in [9.17, 15) is 18.0 Å². The number of sulfonamides is 1. The van der Waals surface area contributed by atoms with Crippen molar-refractivity contribution in [1.29, 1.82) is 0 Å². The third kappa shape index (κ3) is 6.14. The number of rotatable bonds is 10. The first-order valence-electron chi connectivity index (χ1n) is 9.83. The molecule has 2 aromatic rings. The minimum atomic E-state index is -3.60. The Bertz CT molecular complexity index is 933. The van der Waals surface area contributed by atoms with Crippen molar-refractivity contribution < 1.29 is 18.0 Å². The van der Waals surface area contributed by atoms with Gasteiger partial charge in [0, 0.05) is 33.6 Å². The van der Waals surface area contributed by atoms with Crippen LogP contribution in [0.4, 0.5) is 0 Å².